The molecule has 9 heteroatoms. The highest BCUT2D eigenvalue weighted by Gasteiger charge is 2.19. The molecule has 0 bridgehead atoms. The van der Waals surface area contributed by atoms with Crippen LogP contribution in [0.25, 0.3) is 0 Å². The number of aliphatic imine (C=N–C) groups is 1. The highest BCUT2D eigenvalue weighted by atomic mass is 127. The molecule has 0 unspecified atom stereocenters. The summed E-state index contributed by atoms with van der Waals surface area (Å²) in [4.78, 5) is 5.50. The quantitative estimate of drug-likeness (QED) is 0.300. The van der Waals surface area contributed by atoms with E-state index in [0.717, 1.165) is 30.3 Å². The van der Waals surface area contributed by atoms with Gasteiger partial charge in [0.05, 0.1) is 6.54 Å². The summed E-state index contributed by atoms with van der Waals surface area (Å²) < 4.78 is 25.9. The maximum Gasteiger partial charge on any atom is 0.252 e. The topological polar surface area (TPSA) is 73.8 Å². The van der Waals surface area contributed by atoms with Crippen LogP contribution in [0.2, 0.25) is 0 Å². The van der Waals surface area contributed by atoms with Gasteiger partial charge >= 0.3 is 0 Å². The molecule has 2 N–H and O–H groups in total. The molecule has 0 atom stereocenters. The minimum absolute atomic E-state index is 0. The summed E-state index contributed by atoms with van der Waals surface area (Å²) in [7, 11) is -0.310. The van der Waals surface area contributed by atoms with E-state index in [9.17, 15) is 8.42 Å². The van der Waals surface area contributed by atoms with Gasteiger partial charge in [-0.2, -0.15) is 0 Å². The Hall–Kier alpha value is -1.17. The SMILES string of the molecule is CCNC(=NCc1ccc(S(=O)(=O)N(C)C)s1)NCCc1cc(C)cc(C)c1.I. The molecule has 0 saturated carbocycles. The van der Waals surface area contributed by atoms with Gasteiger partial charge < -0.3 is 10.6 Å². The molecule has 0 saturated heterocycles. The largest absolute Gasteiger partial charge is 0.357 e. The molecule has 162 valence electrons. The first kappa shape index (κ1) is 25.9. The van der Waals surface area contributed by atoms with E-state index in [4.69, 9.17) is 0 Å². The van der Waals surface area contributed by atoms with Gasteiger partial charge in [0.2, 0.25) is 0 Å². The van der Waals surface area contributed by atoms with Crippen LogP contribution in [0.4, 0.5) is 0 Å². The van der Waals surface area contributed by atoms with Gasteiger partial charge in [-0.15, -0.1) is 35.3 Å². The number of nitrogens with one attached hydrogen (secondary N) is 2. The van der Waals surface area contributed by atoms with Crippen molar-refractivity contribution in [3.05, 3.63) is 51.9 Å². The smallest absolute Gasteiger partial charge is 0.252 e. The lowest BCUT2D eigenvalue weighted by molar-refractivity contribution is 0.523. The fourth-order valence-corrected chi connectivity index (χ4v) is 5.25. The molecule has 1 heterocycles. The summed E-state index contributed by atoms with van der Waals surface area (Å²) in [5.74, 6) is 0.734. The summed E-state index contributed by atoms with van der Waals surface area (Å²) in [5, 5.41) is 6.58. The van der Waals surface area contributed by atoms with Crippen molar-refractivity contribution < 1.29 is 8.42 Å². The van der Waals surface area contributed by atoms with Crippen molar-refractivity contribution in [2.45, 2.75) is 37.9 Å². The number of aryl methyl sites for hydroxylation is 2. The van der Waals surface area contributed by atoms with Crippen molar-refractivity contribution in [1.82, 2.24) is 14.9 Å². The number of guanidine groups is 1. The second-order valence-electron chi connectivity index (χ2n) is 6.88. The molecule has 1 aromatic carbocycles. The first-order valence-corrected chi connectivity index (χ1v) is 11.6. The van der Waals surface area contributed by atoms with E-state index >= 15 is 0 Å². The van der Waals surface area contributed by atoms with Crippen LogP contribution in [-0.4, -0.2) is 45.9 Å². The van der Waals surface area contributed by atoms with E-state index in [1.54, 1.807) is 6.07 Å². The van der Waals surface area contributed by atoms with E-state index in [-0.39, 0.29) is 24.0 Å². The number of hydrogen-bond acceptors (Lipinski definition) is 4. The third kappa shape index (κ3) is 7.88. The number of nitrogens with zero attached hydrogens (tertiary/aromatic N) is 2. The molecule has 0 amide bonds. The molecule has 0 radical (unpaired) electrons. The van der Waals surface area contributed by atoms with Crippen molar-refractivity contribution in [3.8, 4) is 0 Å². The molecule has 0 fully saturated rings. The minimum atomic E-state index is -3.38. The second kappa shape index (κ2) is 11.9. The standard InChI is InChI=1S/C20H30N4O2S2.HI/c1-6-21-20(22-10-9-17-12-15(2)11-16(3)13-17)23-14-18-7-8-19(27-18)28(25,26)24(4)5;/h7-8,11-13H,6,9-10,14H2,1-5H3,(H2,21,22,23);1H. The van der Waals surface area contributed by atoms with E-state index < -0.39 is 10.0 Å². The Morgan fingerprint density at radius 1 is 1.10 bits per heavy atom. The Balaban J connectivity index is 0.00000420. The molecule has 0 aliphatic carbocycles. The predicted octanol–water partition coefficient (Wildman–Crippen LogP) is 3.53. The van der Waals surface area contributed by atoms with Crippen molar-refractivity contribution in [1.29, 1.82) is 0 Å². The molecule has 2 rings (SSSR count). The zero-order valence-corrected chi connectivity index (χ0v) is 21.6. The fraction of sp³-hybridized carbons (Fsp3) is 0.450. The van der Waals surface area contributed by atoms with E-state index in [2.05, 4.69) is 47.7 Å². The number of sulfonamides is 1. The lowest BCUT2D eigenvalue weighted by Crippen LogP contribution is -2.38. The van der Waals surface area contributed by atoms with Crippen LogP contribution >= 0.6 is 35.3 Å². The Morgan fingerprint density at radius 3 is 2.34 bits per heavy atom. The maximum atomic E-state index is 12.2. The van der Waals surface area contributed by atoms with Gasteiger partial charge in [-0.1, -0.05) is 29.3 Å². The van der Waals surface area contributed by atoms with Crippen LogP contribution in [0, 0.1) is 13.8 Å². The van der Waals surface area contributed by atoms with E-state index in [0.29, 0.717) is 10.8 Å². The molecule has 29 heavy (non-hydrogen) atoms. The van der Waals surface area contributed by atoms with Crippen molar-refractivity contribution in [2.24, 2.45) is 4.99 Å². The number of thiophene rings is 1. The van der Waals surface area contributed by atoms with E-state index in [1.807, 2.05) is 13.0 Å². The normalized spacial score (nSPS) is 12.0. The predicted molar refractivity (Wildman–Crippen MR) is 133 cm³/mol. The van der Waals surface area contributed by atoms with Crippen LogP contribution in [0.3, 0.4) is 0 Å². The number of rotatable bonds is 8. The van der Waals surface area contributed by atoms with Crippen LogP contribution in [-0.2, 0) is 23.0 Å². The lowest BCUT2D eigenvalue weighted by atomic mass is 10.1. The van der Waals surface area contributed by atoms with Gasteiger partial charge in [0.25, 0.3) is 10.0 Å². The maximum absolute atomic E-state index is 12.2. The average Bonchev–Trinajstić information content (AvgIpc) is 3.08. The molecule has 1 aromatic heterocycles. The number of benzene rings is 1. The highest BCUT2D eigenvalue weighted by Crippen LogP contribution is 2.24. The third-order valence-corrected chi connectivity index (χ3v) is 7.45. The van der Waals surface area contributed by atoms with E-state index in [1.165, 1.54) is 46.4 Å². The van der Waals surface area contributed by atoms with Gasteiger partial charge in [-0.25, -0.2) is 17.7 Å². The lowest BCUT2D eigenvalue weighted by Gasteiger charge is -2.12. The zero-order chi connectivity index (χ0) is 20.7. The molecule has 0 spiro atoms. The number of hydrogen-bond donors (Lipinski definition) is 2. The van der Waals surface area contributed by atoms with Crippen molar-refractivity contribution >= 4 is 51.3 Å². The molecule has 6 nitrogen and oxygen atoms in total. The molecule has 0 aliphatic heterocycles. The van der Waals surface area contributed by atoms with Crippen LogP contribution in [0.5, 0.6) is 0 Å². The molecule has 0 aliphatic rings. The first-order chi connectivity index (χ1) is 13.2. The Labute approximate surface area is 195 Å². The van der Waals surface area contributed by atoms with Gasteiger partial charge in [0, 0.05) is 32.1 Å². The number of halogens is 1. The summed E-state index contributed by atoms with van der Waals surface area (Å²) in [6.45, 7) is 8.22. The van der Waals surface area contributed by atoms with Crippen molar-refractivity contribution in [2.75, 3.05) is 27.2 Å². The second-order valence-corrected chi connectivity index (χ2v) is 10.4. The van der Waals surface area contributed by atoms with Crippen molar-refractivity contribution in [3.63, 3.8) is 0 Å². The molecular weight excluding hydrogens is 519 g/mol. The van der Waals surface area contributed by atoms with Crippen LogP contribution < -0.4 is 10.6 Å². The zero-order valence-electron chi connectivity index (χ0n) is 17.7. The Kier molecular flexibility index (Phi) is 10.6. The van der Waals surface area contributed by atoms with Gasteiger partial charge in [0.1, 0.15) is 4.21 Å². The minimum Gasteiger partial charge on any atom is -0.357 e. The Bertz CT molecular complexity index is 904. The third-order valence-electron chi connectivity index (χ3n) is 4.10. The summed E-state index contributed by atoms with van der Waals surface area (Å²) in [6.07, 6.45) is 0.914. The molecular formula is C20H31IN4O2S2. The summed E-state index contributed by atoms with van der Waals surface area (Å²) in [6, 6.07) is 10.1. The van der Waals surface area contributed by atoms with Gasteiger partial charge in [0.15, 0.2) is 5.96 Å². The van der Waals surface area contributed by atoms with Crippen LogP contribution in [0.15, 0.2) is 39.5 Å². The van der Waals surface area contributed by atoms with Gasteiger partial charge in [-0.3, -0.25) is 0 Å². The Morgan fingerprint density at radius 2 is 1.76 bits per heavy atom. The average molecular weight is 551 g/mol. The van der Waals surface area contributed by atoms with Gasteiger partial charge in [-0.05, 0) is 44.9 Å². The monoisotopic (exact) mass is 550 g/mol. The fourth-order valence-electron chi connectivity index (χ4n) is 2.80. The molecule has 2 aromatic rings. The summed E-state index contributed by atoms with van der Waals surface area (Å²) in [5.41, 5.74) is 3.85. The summed E-state index contributed by atoms with van der Waals surface area (Å²) >= 11 is 1.26. The highest BCUT2D eigenvalue weighted by molar-refractivity contribution is 14.0. The van der Waals surface area contributed by atoms with Crippen LogP contribution in [0.1, 0.15) is 28.5 Å². The first-order valence-electron chi connectivity index (χ1n) is 9.33.